The number of aliphatic hydroxyl groups excluding tert-OH is 1. The van der Waals surface area contributed by atoms with E-state index in [0.29, 0.717) is 5.82 Å². The predicted octanol–water partition coefficient (Wildman–Crippen LogP) is 1.27. The molecular weight excluding hydrogens is 136 g/mol. The number of thiocarbonyl (C=S) groups is 1. The molecule has 0 bridgehead atoms. The summed E-state index contributed by atoms with van der Waals surface area (Å²) in [5.41, 5.74) is 0. The fourth-order valence-corrected chi connectivity index (χ4v) is 0.633. The van der Waals surface area contributed by atoms with Gasteiger partial charge in [0, 0.05) is 6.20 Å². The van der Waals surface area contributed by atoms with Crippen LogP contribution in [0.5, 0.6) is 0 Å². The van der Waals surface area contributed by atoms with Gasteiger partial charge in [-0.2, -0.15) is 0 Å². The number of hydrogen-bond acceptors (Lipinski definition) is 1. The van der Waals surface area contributed by atoms with E-state index < -0.39 is 0 Å². The second-order valence-corrected chi connectivity index (χ2v) is 1.90. The lowest BCUT2D eigenvalue weighted by Gasteiger charge is -1.95. The minimum atomic E-state index is -0.225. The van der Waals surface area contributed by atoms with Crippen molar-refractivity contribution in [3.63, 3.8) is 0 Å². The lowest BCUT2D eigenvalue weighted by Crippen LogP contribution is -2.06. The summed E-state index contributed by atoms with van der Waals surface area (Å²) >= 11 is 4.37. The molecule has 0 aliphatic heterocycles. The van der Waals surface area contributed by atoms with Gasteiger partial charge in [-0.25, -0.2) is 0 Å². The van der Waals surface area contributed by atoms with Crippen LogP contribution in [0.1, 0.15) is 0 Å². The average molecular weight is 142 g/mol. The van der Waals surface area contributed by atoms with Gasteiger partial charge in [-0.3, -0.25) is 0 Å². The molecule has 48 valence electrons. The molecule has 1 aromatic heterocycles. The number of hydrogen-bond donors (Lipinski definition) is 3. The molecule has 1 rings (SSSR count). The quantitative estimate of drug-likeness (QED) is 0.517. The first-order chi connectivity index (χ1) is 4.29. The number of nitrogens with one attached hydrogen (secondary N) is 2. The highest BCUT2D eigenvalue weighted by atomic mass is 32.1. The van der Waals surface area contributed by atoms with Gasteiger partial charge in [0.05, 0.1) is 0 Å². The van der Waals surface area contributed by atoms with Crippen molar-refractivity contribution in [1.29, 1.82) is 0 Å². The van der Waals surface area contributed by atoms with Crippen LogP contribution in [0.25, 0.3) is 0 Å². The van der Waals surface area contributed by atoms with Crippen molar-refractivity contribution in [2.45, 2.75) is 0 Å². The van der Waals surface area contributed by atoms with Crippen molar-refractivity contribution < 1.29 is 5.11 Å². The zero-order valence-electron chi connectivity index (χ0n) is 4.59. The third-order valence-corrected chi connectivity index (χ3v) is 0.942. The highest BCUT2D eigenvalue weighted by Crippen LogP contribution is 1.99. The van der Waals surface area contributed by atoms with Crippen LogP contribution >= 0.6 is 12.2 Å². The van der Waals surface area contributed by atoms with Crippen LogP contribution in [0.2, 0.25) is 0 Å². The molecule has 9 heavy (non-hydrogen) atoms. The molecule has 0 saturated carbocycles. The first-order valence-electron chi connectivity index (χ1n) is 2.42. The third-order valence-electron chi connectivity index (χ3n) is 0.840. The van der Waals surface area contributed by atoms with E-state index in [0.717, 1.165) is 0 Å². The van der Waals surface area contributed by atoms with E-state index in [1.165, 1.54) is 0 Å². The summed E-state index contributed by atoms with van der Waals surface area (Å²) in [7, 11) is 0. The fraction of sp³-hybridized carbons (Fsp3) is 0. The van der Waals surface area contributed by atoms with Gasteiger partial charge in [-0.15, -0.1) is 0 Å². The maximum Gasteiger partial charge on any atom is 0.259 e. The van der Waals surface area contributed by atoms with Crippen LogP contribution in [-0.2, 0) is 0 Å². The molecule has 0 aliphatic rings. The van der Waals surface area contributed by atoms with E-state index >= 15 is 0 Å². The van der Waals surface area contributed by atoms with Crippen molar-refractivity contribution in [2.24, 2.45) is 0 Å². The highest BCUT2D eigenvalue weighted by molar-refractivity contribution is 7.80. The molecular formula is C5H6N2OS. The monoisotopic (exact) mass is 142 g/mol. The van der Waals surface area contributed by atoms with Crippen LogP contribution in [-0.4, -0.2) is 15.3 Å². The largest absolute Gasteiger partial charge is 0.486 e. The summed E-state index contributed by atoms with van der Waals surface area (Å²) in [5.74, 6) is 0.697. The van der Waals surface area contributed by atoms with Crippen molar-refractivity contribution in [3.8, 4) is 0 Å². The van der Waals surface area contributed by atoms with Gasteiger partial charge in [-0.1, -0.05) is 0 Å². The molecule has 1 aromatic rings. The number of aliphatic hydroxyl groups is 1. The lowest BCUT2D eigenvalue weighted by atomic mass is 10.6. The first kappa shape index (κ1) is 6.10. The summed E-state index contributed by atoms with van der Waals surface area (Å²) in [5, 5.41) is 10.8. The van der Waals surface area contributed by atoms with E-state index in [2.05, 4.69) is 22.5 Å². The SMILES string of the molecule is OC(=S)Nc1ccc[nH]1. The average Bonchev–Trinajstić information content (AvgIpc) is 2.15. The summed E-state index contributed by atoms with van der Waals surface area (Å²) in [6.07, 6.45) is 1.74. The molecule has 0 amide bonds. The molecule has 0 spiro atoms. The Bertz CT molecular complexity index is 195. The van der Waals surface area contributed by atoms with Gasteiger partial charge in [-0.05, 0) is 24.4 Å². The lowest BCUT2D eigenvalue weighted by molar-refractivity contribution is 0.567. The summed E-state index contributed by atoms with van der Waals surface area (Å²) < 4.78 is 0. The van der Waals surface area contributed by atoms with E-state index in [4.69, 9.17) is 5.11 Å². The molecule has 0 radical (unpaired) electrons. The Morgan fingerprint density at radius 3 is 3.00 bits per heavy atom. The Morgan fingerprint density at radius 1 is 1.78 bits per heavy atom. The Hall–Kier alpha value is -1.03. The highest BCUT2D eigenvalue weighted by Gasteiger charge is 1.90. The molecule has 0 fully saturated rings. The molecule has 4 heteroatoms. The summed E-state index contributed by atoms with van der Waals surface area (Å²) in [4.78, 5) is 2.81. The minimum Gasteiger partial charge on any atom is -0.486 e. The number of anilines is 1. The number of aromatic amines is 1. The van der Waals surface area contributed by atoms with E-state index in [-0.39, 0.29) is 5.17 Å². The van der Waals surface area contributed by atoms with Crippen LogP contribution in [0.3, 0.4) is 0 Å². The van der Waals surface area contributed by atoms with Crippen LogP contribution in [0.4, 0.5) is 5.82 Å². The van der Waals surface area contributed by atoms with Gasteiger partial charge >= 0.3 is 0 Å². The fourth-order valence-electron chi connectivity index (χ4n) is 0.523. The Morgan fingerprint density at radius 2 is 2.56 bits per heavy atom. The van der Waals surface area contributed by atoms with Crippen molar-refractivity contribution in [3.05, 3.63) is 18.3 Å². The Labute approximate surface area is 57.7 Å². The normalized spacial score (nSPS) is 8.89. The second kappa shape index (κ2) is 2.50. The topological polar surface area (TPSA) is 48.0 Å². The van der Waals surface area contributed by atoms with Gasteiger partial charge < -0.3 is 15.4 Å². The Balaban J connectivity index is 2.58. The maximum atomic E-state index is 8.52. The molecule has 1 heterocycles. The van der Waals surface area contributed by atoms with Gasteiger partial charge in [0.2, 0.25) is 0 Å². The van der Waals surface area contributed by atoms with Crippen molar-refractivity contribution in [2.75, 3.05) is 5.32 Å². The molecule has 0 saturated heterocycles. The standard InChI is InChI=1S/C5H6N2OS/c8-5(9)7-4-2-1-3-6-4/h1-3,6H,(H2,7,8,9). The molecule has 0 aromatic carbocycles. The van der Waals surface area contributed by atoms with Crippen LogP contribution in [0.15, 0.2) is 18.3 Å². The van der Waals surface area contributed by atoms with Gasteiger partial charge in [0.1, 0.15) is 5.82 Å². The molecule has 3 nitrogen and oxygen atoms in total. The smallest absolute Gasteiger partial charge is 0.259 e. The van der Waals surface area contributed by atoms with E-state index in [1.807, 2.05) is 0 Å². The number of H-pyrrole nitrogens is 1. The first-order valence-corrected chi connectivity index (χ1v) is 2.83. The van der Waals surface area contributed by atoms with E-state index in [9.17, 15) is 0 Å². The van der Waals surface area contributed by atoms with Crippen LogP contribution in [0, 0.1) is 0 Å². The third kappa shape index (κ3) is 1.73. The van der Waals surface area contributed by atoms with Crippen LogP contribution < -0.4 is 5.32 Å². The molecule has 3 N–H and O–H groups in total. The van der Waals surface area contributed by atoms with Crippen molar-refractivity contribution in [1.82, 2.24) is 4.98 Å². The second-order valence-electron chi connectivity index (χ2n) is 1.51. The predicted molar refractivity (Wildman–Crippen MR) is 39.6 cm³/mol. The summed E-state index contributed by atoms with van der Waals surface area (Å²) in [6, 6.07) is 3.57. The summed E-state index contributed by atoms with van der Waals surface area (Å²) in [6.45, 7) is 0. The minimum absolute atomic E-state index is 0.225. The molecule has 0 aliphatic carbocycles. The molecule has 0 atom stereocenters. The molecule has 0 unspecified atom stereocenters. The number of rotatable bonds is 1. The zero-order valence-corrected chi connectivity index (χ0v) is 5.40. The van der Waals surface area contributed by atoms with Crippen molar-refractivity contribution >= 4 is 23.2 Å². The Kier molecular flexibility index (Phi) is 1.69. The number of aromatic nitrogens is 1. The van der Waals surface area contributed by atoms with Gasteiger partial charge in [0.15, 0.2) is 0 Å². The van der Waals surface area contributed by atoms with E-state index in [1.54, 1.807) is 18.3 Å². The van der Waals surface area contributed by atoms with Gasteiger partial charge in [0.25, 0.3) is 5.17 Å². The maximum absolute atomic E-state index is 8.52. The zero-order chi connectivity index (χ0) is 6.69.